The first kappa shape index (κ1) is 35.7. The van der Waals surface area contributed by atoms with Gasteiger partial charge in [-0.05, 0) is 61.1 Å². The van der Waals surface area contributed by atoms with Crippen LogP contribution in [-0.2, 0) is 57.3 Å². The molecule has 8 rings (SSSR count). The number of fused-ring (bicyclic) bond motifs is 5. The summed E-state index contributed by atoms with van der Waals surface area (Å²) in [6.45, 7) is 0.586. The number of esters is 1. The van der Waals surface area contributed by atoms with Crippen LogP contribution in [0.3, 0.4) is 0 Å². The number of nitrogens with zero attached hydrogens (tertiary/aromatic N) is 3. The van der Waals surface area contributed by atoms with Gasteiger partial charge in [-0.15, -0.1) is 0 Å². The van der Waals surface area contributed by atoms with E-state index in [2.05, 4.69) is 0 Å². The van der Waals surface area contributed by atoms with Crippen molar-refractivity contribution in [2.75, 3.05) is 6.61 Å². The van der Waals surface area contributed by atoms with Gasteiger partial charge in [0.05, 0.1) is 33.9 Å². The predicted molar refractivity (Wildman–Crippen MR) is 183 cm³/mol. The number of aromatic nitrogens is 2. The molecule has 2 unspecified atom stereocenters. The number of ether oxygens (including phenoxy) is 4. The second-order valence-electron chi connectivity index (χ2n) is 13.8. The molecule has 0 saturated carbocycles. The zero-order valence-electron chi connectivity index (χ0n) is 28.8. The molecule has 5 heterocycles. The van der Waals surface area contributed by atoms with E-state index in [9.17, 15) is 50.0 Å². The molecule has 2 aromatic heterocycles. The Morgan fingerprint density at radius 1 is 1.04 bits per heavy atom. The summed E-state index contributed by atoms with van der Waals surface area (Å²) in [4.78, 5) is 54.6. The van der Waals surface area contributed by atoms with Gasteiger partial charge in [0, 0.05) is 28.1 Å². The molecule has 1 saturated heterocycles. The van der Waals surface area contributed by atoms with Gasteiger partial charge < -0.3 is 49.0 Å². The summed E-state index contributed by atoms with van der Waals surface area (Å²) in [5.41, 5.74) is 2.68. The number of aliphatic hydroxyl groups excluding tert-OH is 4. The molecule has 4 aliphatic rings. The van der Waals surface area contributed by atoms with Crippen molar-refractivity contribution in [1.82, 2.24) is 9.55 Å². The van der Waals surface area contributed by atoms with Gasteiger partial charge >= 0.3 is 11.7 Å². The van der Waals surface area contributed by atoms with Crippen LogP contribution in [0.2, 0.25) is 0 Å². The lowest BCUT2D eigenvalue weighted by molar-refractivity contribution is -0.387. The van der Waals surface area contributed by atoms with E-state index in [4.69, 9.17) is 23.9 Å². The van der Waals surface area contributed by atoms with E-state index >= 15 is 0 Å². The first-order chi connectivity index (χ1) is 25.9. The molecule has 3 aliphatic heterocycles. The van der Waals surface area contributed by atoms with Crippen LogP contribution in [0.5, 0.6) is 11.5 Å². The van der Waals surface area contributed by atoms with Crippen LogP contribution in [0.1, 0.15) is 53.1 Å². The van der Waals surface area contributed by atoms with E-state index in [-0.39, 0.29) is 48.6 Å². The Labute approximate surface area is 305 Å². The highest BCUT2D eigenvalue weighted by Crippen LogP contribution is 2.44. The standard InChI is InChI=1S/C37H35N3O14/c1-2-37(48)21-11-24-29-19(12-39(24)34(46)20(21)15-52-36(37)47)17-4-3-5-18-26(9-7-22(38-29)28(17)18)51-14-16-6-8-27(23(10-16)40(49)50)53-35-32(45)30(43)31(44)33(54-35)25(42)13-41/h6-11,30-33,35,41,43-45,48H,2-5,12-15H2,1H3/t30-,31-,32?,33?,35+,37-/m0/s1. The molecule has 0 spiro atoms. The number of rotatable bonds is 9. The van der Waals surface area contributed by atoms with Gasteiger partial charge in [0.15, 0.2) is 23.2 Å². The number of aryl methyl sites for hydroxylation is 2. The number of Topliss-reactive ketones (excluding diaryl/α,β-unsaturated/α-hetero) is 1. The quantitative estimate of drug-likeness (QED) is 0.0795. The van der Waals surface area contributed by atoms with Gasteiger partial charge in [-0.25, -0.2) is 9.78 Å². The highest BCUT2D eigenvalue weighted by atomic mass is 16.7. The molecule has 0 amide bonds. The summed E-state index contributed by atoms with van der Waals surface area (Å²) in [6.07, 6.45) is -6.95. The first-order valence-electron chi connectivity index (χ1n) is 17.4. The SMILES string of the molecule is CC[C@@]1(O)C(=O)OCc2c1cc1n(c2=O)Cc2c-1nc1ccc(OCc3ccc(O[C@@H]4OC(C(=O)CO)[C@@H](O)[C@H](O)C4O)c([N+](=O)[O-])c3)c3c1c2CCC3. The highest BCUT2D eigenvalue weighted by Gasteiger charge is 2.48. The summed E-state index contributed by atoms with van der Waals surface area (Å²) in [6, 6.07) is 9.22. The number of carbonyl (C=O) groups is 2. The third-order valence-corrected chi connectivity index (χ3v) is 10.8. The lowest BCUT2D eigenvalue weighted by atomic mass is 9.85. The van der Waals surface area contributed by atoms with Gasteiger partial charge in [-0.1, -0.05) is 13.0 Å². The fourth-order valence-electron chi connectivity index (χ4n) is 7.91. The number of nitro groups is 1. The molecule has 4 aromatic rings. The summed E-state index contributed by atoms with van der Waals surface area (Å²) in [5.74, 6) is -1.58. The number of nitro benzene ring substituents is 1. The van der Waals surface area contributed by atoms with E-state index in [0.29, 0.717) is 34.6 Å². The van der Waals surface area contributed by atoms with E-state index in [1.54, 1.807) is 29.7 Å². The molecule has 0 radical (unpaired) electrons. The maximum Gasteiger partial charge on any atom is 0.343 e. The number of hydrogen-bond acceptors (Lipinski definition) is 15. The largest absolute Gasteiger partial charge is 0.489 e. The Morgan fingerprint density at radius 2 is 1.80 bits per heavy atom. The van der Waals surface area contributed by atoms with Crippen molar-refractivity contribution in [3.8, 4) is 22.9 Å². The van der Waals surface area contributed by atoms with Crippen molar-refractivity contribution in [3.05, 3.63) is 90.2 Å². The number of ketones is 1. The van der Waals surface area contributed by atoms with Crippen molar-refractivity contribution >= 4 is 28.3 Å². The molecule has 6 atom stereocenters. The van der Waals surface area contributed by atoms with Gasteiger partial charge in [-0.2, -0.15) is 0 Å². The van der Waals surface area contributed by atoms with Crippen LogP contribution in [0.15, 0.2) is 41.2 Å². The monoisotopic (exact) mass is 745 g/mol. The van der Waals surface area contributed by atoms with Gasteiger partial charge in [0.2, 0.25) is 6.29 Å². The van der Waals surface area contributed by atoms with Gasteiger partial charge in [-0.3, -0.25) is 19.7 Å². The van der Waals surface area contributed by atoms with Crippen LogP contribution in [0, 0.1) is 10.1 Å². The third-order valence-electron chi connectivity index (χ3n) is 10.8. The Hall–Kier alpha value is -5.30. The molecule has 282 valence electrons. The van der Waals surface area contributed by atoms with E-state index in [1.807, 2.05) is 0 Å². The van der Waals surface area contributed by atoms with Crippen LogP contribution in [0.4, 0.5) is 5.69 Å². The maximum absolute atomic E-state index is 13.7. The minimum absolute atomic E-state index is 0.0361. The molecule has 54 heavy (non-hydrogen) atoms. The average molecular weight is 746 g/mol. The minimum Gasteiger partial charge on any atom is -0.489 e. The zero-order chi connectivity index (χ0) is 38.2. The Morgan fingerprint density at radius 3 is 2.54 bits per heavy atom. The second-order valence-corrected chi connectivity index (χ2v) is 13.8. The maximum atomic E-state index is 13.7. The van der Waals surface area contributed by atoms with E-state index in [0.717, 1.165) is 34.9 Å². The fraction of sp³-hybridized carbons (Fsp3) is 0.405. The lowest BCUT2D eigenvalue weighted by Crippen LogP contribution is -2.61. The molecule has 1 fully saturated rings. The van der Waals surface area contributed by atoms with Crippen LogP contribution >= 0.6 is 0 Å². The van der Waals surface area contributed by atoms with Crippen molar-refractivity contribution in [2.24, 2.45) is 0 Å². The molecular weight excluding hydrogens is 710 g/mol. The normalized spacial score (nSPS) is 25.4. The molecule has 5 N–H and O–H groups in total. The van der Waals surface area contributed by atoms with Crippen LogP contribution < -0.4 is 15.0 Å². The van der Waals surface area contributed by atoms with Crippen molar-refractivity contribution in [3.63, 3.8) is 0 Å². The number of cyclic esters (lactones) is 1. The first-order valence-corrected chi connectivity index (χ1v) is 17.4. The molecule has 1 aliphatic carbocycles. The van der Waals surface area contributed by atoms with Crippen molar-refractivity contribution in [2.45, 2.75) is 88.7 Å². The summed E-state index contributed by atoms with van der Waals surface area (Å²) in [7, 11) is 0. The number of benzene rings is 2. The topological polar surface area (TPSA) is 250 Å². The van der Waals surface area contributed by atoms with Crippen molar-refractivity contribution in [1.29, 1.82) is 0 Å². The summed E-state index contributed by atoms with van der Waals surface area (Å²) >= 11 is 0. The predicted octanol–water partition coefficient (Wildman–Crippen LogP) is 0.803. The number of pyridine rings is 2. The summed E-state index contributed by atoms with van der Waals surface area (Å²) < 4.78 is 23.8. The Kier molecular flexibility index (Phi) is 8.75. The molecular formula is C37H35N3O14. The third kappa shape index (κ3) is 5.46. The smallest absolute Gasteiger partial charge is 0.343 e. The van der Waals surface area contributed by atoms with Crippen LogP contribution in [-0.4, -0.2) is 89.1 Å². The summed E-state index contributed by atoms with van der Waals surface area (Å²) in [5, 5.41) is 64.1. The van der Waals surface area contributed by atoms with Crippen molar-refractivity contribution < 1.29 is 59.0 Å². The molecule has 17 nitrogen and oxygen atoms in total. The minimum atomic E-state index is -1.93. The Balaban J connectivity index is 1.08. The molecule has 2 aromatic carbocycles. The zero-order valence-corrected chi connectivity index (χ0v) is 28.8. The number of hydrogen-bond donors (Lipinski definition) is 5. The van der Waals surface area contributed by atoms with Crippen LogP contribution in [0.25, 0.3) is 22.3 Å². The average Bonchev–Trinajstić information content (AvgIpc) is 3.55. The highest BCUT2D eigenvalue weighted by molar-refractivity contribution is 5.93. The number of aliphatic hydroxyl groups is 5. The Bertz CT molecular complexity index is 2320. The molecule has 0 bridgehead atoms. The molecule has 17 heteroatoms. The van der Waals surface area contributed by atoms with Gasteiger partial charge in [0.25, 0.3) is 5.56 Å². The van der Waals surface area contributed by atoms with Gasteiger partial charge in [0.1, 0.15) is 43.9 Å². The van der Waals surface area contributed by atoms with E-state index in [1.165, 1.54) is 18.2 Å². The lowest BCUT2D eigenvalue weighted by Gasteiger charge is -2.39. The second kappa shape index (κ2) is 13.2. The number of carbonyl (C=O) groups excluding carboxylic acids is 2. The van der Waals surface area contributed by atoms with E-state index < -0.39 is 65.3 Å². The fourth-order valence-corrected chi connectivity index (χ4v) is 7.91.